The molecule has 0 bridgehead atoms. The Kier molecular flexibility index (Phi) is 7.16. The van der Waals surface area contributed by atoms with Crippen LogP contribution in [0.5, 0.6) is 5.75 Å². The SMILES string of the molecule is CON1CCC(C(=O)Nc2c(OC(F)(F)F)ccc(C(=O)Nc3nnnn3C)c2Cl)CC1. The second-order valence-corrected chi connectivity index (χ2v) is 7.18. The van der Waals surface area contributed by atoms with Crippen molar-refractivity contribution in [2.24, 2.45) is 13.0 Å². The molecule has 2 amide bonds. The van der Waals surface area contributed by atoms with E-state index in [0.29, 0.717) is 25.9 Å². The highest BCUT2D eigenvalue weighted by Crippen LogP contribution is 2.39. The maximum absolute atomic E-state index is 12.9. The first-order valence-corrected chi connectivity index (χ1v) is 9.68. The van der Waals surface area contributed by atoms with Gasteiger partial charge in [-0.15, -0.1) is 13.2 Å². The number of hydrogen-bond acceptors (Lipinski definition) is 8. The summed E-state index contributed by atoms with van der Waals surface area (Å²) >= 11 is 6.24. The quantitative estimate of drug-likeness (QED) is 0.649. The smallest absolute Gasteiger partial charge is 0.404 e. The Labute approximate surface area is 184 Å². The third-order valence-corrected chi connectivity index (χ3v) is 5.14. The van der Waals surface area contributed by atoms with Gasteiger partial charge in [0.1, 0.15) is 5.69 Å². The van der Waals surface area contributed by atoms with Crippen LogP contribution in [0.1, 0.15) is 23.2 Å². The van der Waals surface area contributed by atoms with Crippen molar-refractivity contribution in [2.75, 3.05) is 30.8 Å². The van der Waals surface area contributed by atoms with E-state index in [4.69, 9.17) is 16.4 Å². The number of aryl methyl sites for hydroxylation is 1. The van der Waals surface area contributed by atoms with Crippen LogP contribution >= 0.6 is 11.6 Å². The molecule has 0 atom stereocenters. The van der Waals surface area contributed by atoms with Crippen LogP contribution in [0.15, 0.2) is 12.1 Å². The molecule has 32 heavy (non-hydrogen) atoms. The zero-order chi connectivity index (χ0) is 23.5. The van der Waals surface area contributed by atoms with Gasteiger partial charge in [0.25, 0.3) is 5.91 Å². The van der Waals surface area contributed by atoms with Gasteiger partial charge in [0, 0.05) is 26.1 Å². The fourth-order valence-electron chi connectivity index (χ4n) is 3.09. The fourth-order valence-corrected chi connectivity index (χ4v) is 3.38. The van der Waals surface area contributed by atoms with E-state index in [-0.39, 0.29) is 11.5 Å². The molecule has 3 rings (SSSR count). The summed E-state index contributed by atoms with van der Waals surface area (Å²) in [7, 11) is 2.98. The molecule has 15 heteroatoms. The lowest BCUT2D eigenvalue weighted by molar-refractivity contribution is -0.274. The molecule has 1 fully saturated rings. The summed E-state index contributed by atoms with van der Waals surface area (Å²) in [5, 5.41) is 16.5. The molecule has 0 saturated carbocycles. The summed E-state index contributed by atoms with van der Waals surface area (Å²) in [6.45, 7) is 0.949. The van der Waals surface area contributed by atoms with E-state index in [9.17, 15) is 22.8 Å². The van der Waals surface area contributed by atoms with Crippen molar-refractivity contribution in [2.45, 2.75) is 19.2 Å². The average molecular weight is 478 g/mol. The second kappa shape index (κ2) is 9.67. The Morgan fingerprint density at radius 2 is 1.91 bits per heavy atom. The Hall–Kier alpha value is -2.97. The van der Waals surface area contributed by atoms with E-state index >= 15 is 0 Å². The number of anilines is 2. The van der Waals surface area contributed by atoms with Gasteiger partial charge in [-0.3, -0.25) is 14.9 Å². The van der Waals surface area contributed by atoms with Gasteiger partial charge in [-0.05, 0) is 35.4 Å². The largest absolute Gasteiger partial charge is 0.573 e. The number of ether oxygens (including phenoxy) is 1. The minimum absolute atomic E-state index is 0.0165. The monoisotopic (exact) mass is 477 g/mol. The van der Waals surface area contributed by atoms with Crippen molar-refractivity contribution in [1.29, 1.82) is 0 Å². The molecule has 11 nitrogen and oxygen atoms in total. The molecule has 1 aliphatic rings. The molecule has 0 spiro atoms. The summed E-state index contributed by atoms with van der Waals surface area (Å²) in [5.41, 5.74) is -0.680. The van der Waals surface area contributed by atoms with Crippen LogP contribution in [0, 0.1) is 5.92 Å². The van der Waals surface area contributed by atoms with Crippen LogP contribution in [-0.4, -0.2) is 63.6 Å². The maximum atomic E-state index is 12.9. The van der Waals surface area contributed by atoms with Crippen molar-refractivity contribution in [3.8, 4) is 5.75 Å². The summed E-state index contributed by atoms with van der Waals surface area (Å²) in [4.78, 5) is 30.4. The lowest BCUT2D eigenvalue weighted by atomic mass is 9.97. The van der Waals surface area contributed by atoms with E-state index in [1.165, 1.54) is 18.8 Å². The number of amides is 2. The predicted molar refractivity (Wildman–Crippen MR) is 105 cm³/mol. The van der Waals surface area contributed by atoms with Crippen LogP contribution in [-0.2, 0) is 16.7 Å². The van der Waals surface area contributed by atoms with E-state index in [1.807, 2.05) is 0 Å². The van der Waals surface area contributed by atoms with Gasteiger partial charge in [-0.25, -0.2) is 4.68 Å². The van der Waals surface area contributed by atoms with Gasteiger partial charge >= 0.3 is 6.36 Å². The molecule has 174 valence electrons. The first-order chi connectivity index (χ1) is 15.1. The molecule has 0 unspecified atom stereocenters. The highest BCUT2D eigenvalue weighted by Gasteiger charge is 2.34. The van der Waals surface area contributed by atoms with Crippen molar-refractivity contribution in [1.82, 2.24) is 25.3 Å². The van der Waals surface area contributed by atoms with Gasteiger partial charge in [-0.2, -0.15) is 5.06 Å². The lowest BCUT2D eigenvalue weighted by Crippen LogP contribution is -2.37. The highest BCUT2D eigenvalue weighted by molar-refractivity contribution is 6.37. The van der Waals surface area contributed by atoms with Crippen LogP contribution in [0.4, 0.5) is 24.8 Å². The number of carbonyl (C=O) groups is 2. The van der Waals surface area contributed by atoms with E-state index in [1.54, 1.807) is 5.06 Å². The molecule has 2 N–H and O–H groups in total. The number of benzene rings is 1. The number of hydroxylamine groups is 2. The molecule has 1 aromatic heterocycles. The number of hydrogen-bond donors (Lipinski definition) is 2. The summed E-state index contributed by atoms with van der Waals surface area (Å²) in [6.07, 6.45) is -4.20. The molecular formula is C17H19ClF3N7O4. The summed E-state index contributed by atoms with van der Waals surface area (Å²) in [6, 6.07) is 1.93. The molecule has 1 saturated heterocycles. The van der Waals surface area contributed by atoms with Gasteiger partial charge in [0.15, 0.2) is 5.75 Å². The van der Waals surface area contributed by atoms with Crippen LogP contribution < -0.4 is 15.4 Å². The van der Waals surface area contributed by atoms with Crippen molar-refractivity contribution in [3.05, 3.63) is 22.7 Å². The number of aromatic nitrogens is 4. The van der Waals surface area contributed by atoms with Gasteiger partial charge < -0.3 is 14.9 Å². The summed E-state index contributed by atoms with van der Waals surface area (Å²) in [5.74, 6) is -2.60. The molecule has 0 aliphatic carbocycles. The minimum Gasteiger partial charge on any atom is -0.404 e. The van der Waals surface area contributed by atoms with Gasteiger partial charge in [0.2, 0.25) is 11.9 Å². The average Bonchev–Trinajstić information content (AvgIpc) is 3.14. The number of tetrazole rings is 1. The van der Waals surface area contributed by atoms with E-state index in [2.05, 4.69) is 30.9 Å². The van der Waals surface area contributed by atoms with Gasteiger partial charge in [-0.1, -0.05) is 16.7 Å². The highest BCUT2D eigenvalue weighted by atomic mass is 35.5. The number of piperidine rings is 1. The first-order valence-electron chi connectivity index (χ1n) is 9.31. The van der Waals surface area contributed by atoms with Crippen LogP contribution in [0.3, 0.4) is 0 Å². The maximum Gasteiger partial charge on any atom is 0.573 e. The zero-order valence-electron chi connectivity index (χ0n) is 16.9. The molecule has 2 aromatic rings. The minimum atomic E-state index is -5.04. The molecule has 1 aromatic carbocycles. The van der Waals surface area contributed by atoms with Crippen LogP contribution in [0.2, 0.25) is 5.02 Å². The van der Waals surface area contributed by atoms with Crippen molar-refractivity contribution < 1.29 is 32.3 Å². The van der Waals surface area contributed by atoms with E-state index < -0.39 is 40.6 Å². The molecule has 0 radical (unpaired) electrons. The van der Waals surface area contributed by atoms with Gasteiger partial charge in [0.05, 0.1) is 17.7 Å². The number of nitrogens with one attached hydrogen (secondary N) is 2. The Morgan fingerprint density at radius 1 is 1.22 bits per heavy atom. The zero-order valence-corrected chi connectivity index (χ0v) is 17.7. The summed E-state index contributed by atoms with van der Waals surface area (Å²) < 4.78 is 43.8. The fraction of sp³-hybridized carbons (Fsp3) is 0.471. The van der Waals surface area contributed by atoms with Crippen molar-refractivity contribution >= 4 is 35.1 Å². The Balaban J connectivity index is 1.87. The number of rotatable bonds is 6. The number of halogens is 4. The molecule has 1 aliphatic heterocycles. The van der Waals surface area contributed by atoms with E-state index in [0.717, 1.165) is 12.1 Å². The molecular weight excluding hydrogens is 459 g/mol. The third-order valence-electron chi connectivity index (χ3n) is 4.75. The number of nitrogens with zero attached hydrogens (tertiary/aromatic N) is 5. The first kappa shape index (κ1) is 23.7. The number of alkyl halides is 3. The Morgan fingerprint density at radius 3 is 2.47 bits per heavy atom. The van der Waals surface area contributed by atoms with Crippen LogP contribution in [0.25, 0.3) is 0 Å². The second-order valence-electron chi connectivity index (χ2n) is 6.80. The third kappa shape index (κ3) is 5.63. The standard InChI is InChI=1S/C17H19ClF3N7O4/c1-27-16(24-25-26-27)23-15(30)10-3-4-11(32-17(19,20)21)13(12(10)18)22-14(29)9-5-7-28(31-2)8-6-9/h3-4,9H,5-8H2,1-2H3,(H,22,29)(H,23,24,26,30). The molecule has 2 heterocycles. The lowest BCUT2D eigenvalue weighted by Gasteiger charge is -2.29. The topological polar surface area (TPSA) is 124 Å². The van der Waals surface area contributed by atoms with Crippen molar-refractivity contribution in [3.63, 3.8) is 0 Å². The normalized spacial score (nSPS) is 15.4. The predicted octanol–water partition coefficient (Wildman–Crippen LogP) is 2.23. The number of carbonyl (C=O) groups excluding carboxylic acids is 2. The Bertz CT molecular complexity index is 993.